The third kappa shape index (κ3) is 14.7. The fraction of sp³-hybridized carbons (Fsp3) is 0.358. The number of carbonyl (C=O) groups is 4. The van der Waals surface area contributed by atoms with Crippen LogP contribution in [0.1, 0.15) is 104 Å². The summed E-state index contributed by atoms with van der Waals surface area (Å²) >= 11 is 0. The molecular formula is C67H78O15Si3. The maximum absolute atomic E-state index is 16.0. The van der Waals surface area contributed by atoms with E-state index in [1.165, 1.54) is 36.4 Å². The molecule has 6 aromatic carbocycles. The van der Waals surface area contributed by atoms with Gasteiger partial charge in [0, 0.05) is 17.7 Å². The van der Waals surface area contributed by atoms with Crippen LogP contribution in [0.2, 0.25) is 54.4 Å². The van der Waals surface area contributed by atoms with Crippen molar-refractivity contribution in [1.29, 1.82) is 0 Å². The van der Waals surface area contributed by atoms with Crippen molar-refractivity contribution in [3.63, 3.8) is 0 Å². The van der Waals surface area contributed by atoms with Crippen molar-refractivity contribution >= 4 is 59.8 Å². The maximum Gasteiger partial charge on any atom is 0.338 e. The standard InChI is InChI=1S/C67H78O15Si3/c1-65(2,3)83(10,11)80-48-38-36-43(37-39-48)55-57(82-85(14,15)67(7,8)9)54(68)53-50(74-55)40-49(81-84(12,13)66(4,5)6)41-51(53)75-64-59(79-63(72)47-34-26-19-27-35-47)58(78-62(71)46-32-24-18-25-33-46)56(77-61(70)45-30-22-17-23-31-45)52(76-64)42-73-60(69)44-28-20-16-21-29-44/h16-41,52,56,58-59,64H,42H2,1-15H3/t52-,56-,58+,59-,64-/m1/s1. The summed E-state index contributed by atoms with van der Waals surface area (Å²) in [6.45, 7) is 30.8. The molecule has 448 valence electrons. The fourth-order valence-corrected chi connectivity index (χ4v) is 11.4. The molecule has 2 heterocycles. The summed E-state index contributed by atoms with van der Waals surface area (Å²) in [4.78, 5) is 73.3. The number of esters is 4. The highest BCUT2D eigenvalue weighted by Crippen LogP contribution is 2.45. The predicted octanol–water partition coefficient (Wildman–Crippen LogP) is 15.2. The zero-order valence-corrected chi connectivity index (χ0v) is 54.2. The highest BCUT2D eigenvalue weighted by Gasteiger charge is 2.55. The molecular weight excluding hydrogens is 1130 g/mol. The summed E-state index contributed by atoms with van der Waals surface area (Å²) in [5, 5.41) is -0.890. The van der Waals surface area contributed by atoms with Gasteiger partial charge in [-0.3, -0.25) is 4.79 Å². The smallest absolute Gasteiger partial charge is 0.338 e. The van der Waals surface area contributed by atoms with Crippen molar-refractivity contribution in [3.8, 4) is 34.3 Å². The number of rotatable bonds is 18. The molecule has 1 fully saturated rings. The molecule has 18 heteroatoms. The van der Waals surface area contributed by atoms with Gasteiger partial charge >= 0.3 is 23.9 Å². The Morgan fingerprint density at radius 2 is 0.871 bits per heavy atom. The van der Waals surface area contributed by atoms with E-state index < -0.39 is 96.6 Å². The van der Waals surface area contributed by atoms with Gasteiger partial charge in [-0.15, -0.1) is 0 Å². The third-order valence-corrected chi connectivity index (χ3v) is 29.6. The SMILES string of the molecule is CC(C)(C)[Si](C)(C)Oc1ccc(-c2oc3cc(O[Si](C)(C)C(C)(C)C)cc(O[C@@H]4O[C@H](COC(=O)c5ccccc5)[C@@H](OC(=O)c5ccccc5)[C@H](OC(=O)c5ccccc5)[C@H]4OC(=O)c4ccccc4)c3c(=O)c2O[Si](C)(C)C(C)(C)C)cc1. The van der Waals surface area contributed by atoms with Crippen molar-refractivity contribution in [2.24, 2.45) is 0 Å². The summed E-state index contributed by atoms with van der Waals surface area (Å²) in [7, 11) is -7.85. The van der Waals surface area contributed by atoms with Gasteiger partial charge in [0.2, 0.25) is 34.5 Å². The molecule has 1 aliphatic heterocycles. The van der Waals surface area contributed by atoms with E-state index in [2.05, 4.69) is 88.5 Å². The normalized spacial score (nSPS) is 17.7. The average molecular weight is 1210 g/mol. The molecule has 1 aromatic heterocycles. The fourth-order valence-electron chi connectivity index (χ4n) is 8.40. The van der Waals surface area contributed by atoms with E-state index in [4.69, 9.17) is 46.1 Å². The topological polar surface area (TPSA) is 182 Å². The molecule has 1 saturated heterocycles. The number of fused-ring (bicyclic) bond motifs is 1. The first-order valence-electron chi connectivity index (χ1n) is 28.5. The van der Waals surface area contributed by atoms with Crippen LogP contribution in [0.4, 0.5) is 0 Å². The third-order valence-electron chi connectivity index (χ3n) is 16.5. The molecule has 1 aliphatic rings. The van der Waals surface area contributed by atoms with E-state index in [9.17, 15) is 19.2 Å². The summed E-state index contributed by atoms with van der Waals surface area (Å²) in [5.41, 5.74) is 0.480. The highest BCUT2D eigenvalue weighted by atomic mass is 28.4. The van der Waals surface area contributed by atoms with Crippen LogP contribution in [0.5, 0.6) is 23.0 Å². The Labute approximate surface area is 501 Å². The van der Waals surface area contributed by atoms with Crippen molar-refractivity contribution in [1.82, 2.24) is 0 Å². The second kappa shape index (κ2) is 25.0. The van der Waals surface area contributed by atoms with Crippen LogP contribution in [0, 0.1) is 0 Å². The van der Waals surface area contributed by atoms with Gasteiger partial charge in [-0.05, 0) is 127 Å². The van der Waals surface area contributed by atoms with Crippen LogP contribution in [-0.4, -0.2) is 86.1 Å². The first kappa shape index (κ1) is 63.2. The van der Waals surface area contributed by atoms with E-state index in [1.807, 2.05) is 37.4 Å². The van der Waals surface area contributed by atoms with E-state index in [1.54, 1.807) is 97.1 Å². The van der Waals surface area contributed by atoms with Crippen molar-refractivity contribution in [3.05, 3.63) is 190 Å². The van der Waals surface area contributed by atoms with Crippen LogP contribution >= 0.6 is 0 Å². The second-order valence-corrected chi connectivity index (χ2v) is 40.0. The monoisotopic (exact) mass is 1210 g/mol. The first-order chi connectivity index (χ1) is 39.8. The number of benzene rings is 6. The Morgan fingerprint density at radius 1 is 0.471 bits per heavy atom. The number of hydrogen-bond acceptors (Lipinski definition) is 15. The van der Waals surface area contributed by atoms with Crippen molar-refractivity contribution in [2.45, 2.75) is 147 Å². The zero-order valence-electron chi connectivity index (χ0n) is 51.2. The minimum Gasteiger partial charge on any atom is -0.544 e. The molecule has 5 atom stereocenters. The second-order valence-electron chi connectivity index (χ2n) is 25.8. The van der Waals surface area contributed by atoms with Crippen molar-refractivity contribution < 1.29 is 65.3 Å². The molecule has 8 rings (SSSR count). The van der Waals surface area contributed by atoms with Gasteiger partial charge in [0.05, 0.1) is 22.3 Å². The van der Waals surface area contributed by atoms with E-state index in [0.717, 1.165) is 0 Å². The average Bonchev–Trinajstić information content (AvgIpc) is 1.41. The molecule has 0 amide bonds. The van der Waals surface area contributed by atoms with Gasteiger partial charge < -0.3 is 46.1 Å². The number of carbonyl (C=O) groups excluding carboxylic acids is 4. The van der Waals surface area contributed by atoms with Gasteiger partial charge in [-0.2, -0.15) is 0 Å². The van der Waals surface area contributed by atoms with Crippen LogP contribution in [0.15, 0.2) is 167 Å². The summed E-state index contributed by atoms with van der Waals surface area (Å²) in [6, 6.07) is 43.0. The quantitative estimate of drug-likeness (QED) is 0.0449. The van der Waals surface area contributed by atoms with Crippen LogP contribution < -0.4 is 23.4 Å². The summed E-state index contributed by atoms with van der Waals surface area (Å²) in [5.74, 6) is -2.59. The predicted molar refractivity (Wildman–Crippen MR) is 334 cm³/mol. The van der Waals surface area contributed by atoms with Gasteiger partial charge in [0.1, 0.15) is 40.9 Å². The maximum atomic E-state index is 16.0. The lowest BCUT2D eigenvalue weighted by Crippen LogP contribution is -2.64. The van der Waals surface area contributed by atoms with E-state index in [0.29, 0.717) is 11.3 Å². The number of hydrogen-bond donors (Lipinski definition) is 0. The molecule has 0 unspecified atom stereocenters. The van der Waals surface area contributed by atoms with Gasteiger partial charge in [-0.25, -0.2) is 19.2 Å². The van der Waals surface area contributed by atoms with Crippen molar-refractivity contribution in [2.75, 3.05) is 6.61 Å². The molecule has 7 aromatic rings. The summed E-state index contributed by atoms with van der Waals surface area (Å²) in [6.07, 6.45) is -8.62. The Hall–Kier alpha value is -7.78. The lowest BCUT2D eigenvalue weighted by atomic mass is 9.97. The number of ether oxygens (including phenoxy) is 6. The van der Waals surface area contributed by atoms with Gasteiger partial charge in [-0.1, -0.05) is 135 Å². The van der Waals surface area contributed by atoms with Crippen LogP contribution in [0.25, 0.3) is 22.3 Å². The Kier molecular flexibility index (Phi) is 18.6. The molecule has 0 aliphatic carbocycles. The molecule has 0 spiro atoms. The minimum absolute atomic E-state index is 0.0408. The summed E-state index contributed by atoms with van der Waals surface area (Å²) < 4.78 is 66.7. The molecule has 15 nitrogen and oxygen atoms in total. The zero-order chi connectivity index (χ0) is 61.9. The Bertz CT molecular complexity index is 3550. The lowest BCUT2D eigenvalue weighted by Gasteiger charge is -2.44. The molecule has 85 heavy (non-hydrogen) atoms. The Morgan fingerprint density at radius 3 is 1.32 bits per heavy atom. The van der Waals surface area contributed by atoms with Crippen LogP contribution in [0.3, 0.4) is 0 Å². The minimum atomic E-state index is -2.88. The molecule has 0 N–H and O–H groups in total. The largest absolute Gasteiger partial charge is 0.544 e. The molecule has 0 saturated carbocycles. The van der Waals surface area contributed by atoms with Gasteiger partial charge in [0.25, 0.3) is 8.32 Å². The Balaban J connectivity index is 1.37. The highest BCUT2D eigenvalue weighted by molar-refractivity contribution is 6.75. The van der Waals surface area contributed by atoms with E-state index in [-0.39, 0.29) is 66.3 Å². The van der Waals surface area contributed by atoms with E-state index >= 15 is 4.79 Å². The molecule has 0 bridgehead atoms. The first-order valence-corrected chi connectivity index (χ1v) is 37.2. The van der Waals surface area contributed by atoms with Crippen LogP contribution in [-0.2, 0) is 23.7 Å². The molecule has 0 radical (unpaired) electrons. The van der Waals surface area contributed by atoms with Gasteiger partial charge in [0.15, 0.2) is 23.7 Å². The lowest BCUT2D eigenvalue weighted by molar-refractivity contribution is -0.275.